The van der Waals surface area contributed by atoms with Gasteiger partial charge in [0.15, 0.2) is 0 Å². The van der Waals surface area contributed by atoms with E-state index in [1.54, 1.807) is 0 Å². The van der Waals surface area contributed by atoms with Gasteiger partial charge in [-0.25, -0.2) is 0 Å². The molecule has 0 amide bonds. The second kappa shape index (κ2) is 7.06. The van der Waals surface area contributed by atoms with Gasteiger partial charge in [-0.2, -0.15) is 0 Å². The Morgan fingerprint density at radius 1 is 1.11 bits per heavy atom. The number of benzene rings is 1. The number of rotatable bonds is 6. The zero-order valence-corrected chi connectivity index (χ0v) is 13.1. The highest BCUT2D eigenvalue weighted by atomic mass is 16.3. The molecule has 0 aliphatic carbocycles. The smallest absolute Gasteiger partial charge is 0.0443 e. The molecule has 108 valence electrons. The minimum Gasteiger partial charge on any atom is -0.396 e. The third kappa shape index (κ3) is 5.33. The fourth-order valence-corrected chi connectivity index (χ4v) is 2.14. The zero-order valence-electron chi connectivity index (χ0n) is 13.1. The highest BCUT2D eigenvalue weighted by Gasteiger charge is 2.14. The van der Waals surface area contributed by atoms with E-state index in [0.29, 0.717) is 6.04 Å². The van der Waals surface area contributed by atoms with Gasteiger partial charge in [0.1, 0.15) is 0 Å². The SMILES string of the molecule is CC(C)N(CCCO)Cc1ccc(C(C)(C)C)cc1. The molecule has 0 aliphatic rings. The summed E-state index contributed by atoms with van der Waals surface area (Å²) in [6, 6.07) is 9.44. The molecule has 1 aromatic rings. The molecule has 0 aliphatic heterocycles. The lowest BCUT2D eigenvalue weighted by molar-refractivity contribution is 0.185. The molecule has 0 aromatic heterocycles. The van der Waals surface area contributed by atoms with E-state index in [-0.39, 0.29) is 12.0 Å². The zero-order chi connectivity index (χ0) is 14.5. The van der Waals surface area contributed by atoms with Crippen LogP contribution < -0.4 is 0 Å². The van der Waals surface area contributed by atoms with Crippen LogP contribution >= 0.6 is 0 Å². The van der Waals surface area contributed by atoms with E-state index >= 15 is 0 Å². The molecule has 0 saturated heterocycles. The maximum atomic E-state index is 8.96. The summed E-state index contributed by atoms with van der Waals surface area (Å²) in [5.74, 6) is 0. The Bertz CT molecular complexity index is 362. The van der Waals surface area contributed by atoms with Gasteiger partial charge in [0.2, 0.25) is 0 Å². The van der Waals surface area contributed by atoms with E-state index in [4.69, 9.17) is 5.11 Å². The maximum absolute atomic E-state index is 8.96. The van der Waals surface area contributed by atoms with Crippen molar-refractivity contribution in [2.24, 2.45) is 0 Å². The van der Waals surface area contributed by atoms with Gasteiger partial charge in [0, 0.05) is 25.7 Å². The molecule has 0 bridgehead atoms. The van der Waals surface area contributed by atoms with Gasteiger partial charge in [-0.3, -0.25) is 4.90 Å². The first kappa shape index (κ1) is 16.2. The number of nitrogens with zero attached hydrogens (tertiary/aromatic N) is 1. The summed E-state index contributed by atoms with van der Waals surface area (Å²) in [4.78, 5) is 2.41. The maximum Gasteiger partial charge on any atom is 0.0443 e. The van der Waals surface area contributed by atoms with Gasteiger partial charge < -0.3 is 5.11 Å². The fraction of sp³-hybridized carbons (Fsp3) is 0.647. The third-order valence-electron chi connectivity index (χ3n) is 3.54. The highest BCUT2D eigenvalue weighted by Crippen LogP contribution is 2.22. The second-order valence-corrected chi connectivity index (χ2v) is 6.59. The molecule has 1 aromatic carbocycles. The molecule has 2 heteroatoms. The molecule has 0 saturated carbocycles. The number of hydrogen-bond acceptors (Lipinski definition) is 2. The van der Waals surface area contributed by atoms with Crippen molar-refractivity contribution < 1.29 is 5.11 Å². The van der Waals surface area contributed by atoms with E-state index in [1.165, 1.54) is 11.1 Å². The van der Waals surface area contributed by atoms with Crippen LogP contribution in [0.4, 0.5) is 0 Å². The lowest BCUT2D eigenvalue weighted by Gasteiger charge is -2.26. The minimum atomic E-state index is 0.215. The highest BCUT2D eigenvalue weighted by molar-refractivity contribution is 5.27. The van der Waals surface area contributed by atoms with Gasteiger partial charge in [0.05, 0.1) is 0 Å². The van der Waals surface area contributed by atoms with Crippen molar-refractivity contribution >= 4 is 0 Å². The Balaban J connectivity index is 2.69. The molecular formula is C17H29NO. The first-order chi connectivity index (χ1) is 8.84. The molecule has 2 nitrogen and oxygen atoms in total. The Labute approximate surface area is 118 Å². The Hall–Kier alpha value is -0.860. The summed E-state index contributed by atoms with van der Waals surface area (Å²) in [6.45, 7) is 13.3. The van der Waals surface area contributed by atoms with E-state index in [1.807, 2.05) is 0 Å². The first-order valence-corrected chi connectivity index (χ1v) is 7.29. The summed E-state index contributed by atoms with van der Waals surface area (Å²) in [5, 5.41) is 8.96. The Morgan fingerprint density at radius 2 is 1.68 bits per heavy atom. The van der Waals surface area contributed by atoms with Crippen LogP contribution in [-0.2, 0) is 12.0 Å². The number of aliphatic hydroxyl groups excluding tert-OH is 1. The lowest BCUT2D eigenvalue weighted by atomic mass is 9.87. The summed E-state index contributed by atoms with van der Waals surface area (Å²) in [7, 11) is 0. The average molecular weight is 263 g/mol. The van der Waals surface area contributed by atoms with Crippen LogP contribution in [0.15, 0.2) is 24.3 Å². The van der Waals surface area contributed by atoms with Gasteiger partial charge in [-0.1, -0.05) is 45.0 Å². The van der Waals surface area contributed by atoms with Crippen LogP contribution in [0.1, 0.15) is 52.2 Å². The summed E-state index contributed by atoms with van der Waals surface area (Å²) >= 11 is 0. The predicted octanol–water partition coefficient (Wildman–Crippen LogP) is 3.58. The van der Waals surface area contributed by atoms with Crippen molar-refractivity contribution in [1.29, 1.82) is 0 Å². The Morgan fingerprint density at radius 3 is 2.11 bits per heavy atom. The number of hydrogen-bond donors (Lipinski definition) is 1. The molecular weight excluding hydrogens is 234 g/mol. The van der Waals surface area contributed by atoms with E-state index in [9.17, 15) is 0 Å². The average Bonchev–Trinajstić information content (AvgIpc) is 2.33. The van der Waals surface area contributed by atoms with Crippen molar-refractivity contribution in [3.05, 3.63) is 35.4 Å². The molecule has 0 spiro atoms. The van der Waals surface area contributed by atoms with E-state index < -0.39 is 0 Å². The standard InChI is InChI=1S/C17H29NO/c1-14(2)18(11-6-12-19)13-15-7-9-16(10-8-15)17(3,4)5/h7-10,14,19H,6,11-13H2,1-5H3. The summed E-state index contributed by atoms with van der Waals surface area (Å²) < 4.78 is 0. The van der Waals surface area contributed by atoms with Crippen molar-refractivity contribution in [2.45, 2.75) is 59.0 Å². The van der Waals surface area contributed by atoms with Crippen LogP contribution in [0.3, 0.4) is 0 Å². The van der Waals surface area contributed by atoms with Crippen LogP contribution in [-0.4, -0.2) is 29.2 Å². The molecule has 1 rings (SSSR count). The van der Waals surface area contributed by atoms with Gasteiger partial charge in [-0.05, 0) is 36.8 Å². The van der Waals surface area contributed by atoms with Crippen molar-refractivity contribution in [2.75, 3.05) is 13.2 Å². The van der Waals surface area contributed by atoms with E-state index in [0.717, 1.165) is 19.5 Å². The largest absolute Gasteiger partial charge is 0.396 e. The number of aliphatic hydroxyl groups is 1. The summed E-state index contributed by atoms with van der Waals surface area (Å²) in [6.07, 6.45) is 0.845. The normalized spacial score (nSPS) is 12.4. The topological polar surface area (TPSA) is 23.5 Å². The van der Waals surface area contributed by atoms with Crippen LogP contribution in [0.2, 0.25) is 0 Å². The molecule has 1 N–H and O–H groups in total. The van der Waals surface area contributed by atoms with Gasteiger partial charge in [0.25, 0.3) is 0 Å². The summed E-state index contributed by atoms with van der Waals surface area (Å²) in [5.41, 5.74) is 2.94. The van der Waals surface area contributed by atoms with Crippen molar-refractivity contribution in [1.82, 2.24) is 4.90 Å². The third-order valence-corrected chi connectivity index (χ3v) is 3.54. The molecule has 0 atom stereocenters. The van der Waals surface area contributed by atoms with Crippen molar-refractivity contribution in [3.8, 4) is 0 Å². The molecule has 0 heterocycles. The van der Waals surface area contributed by atoms with Crippen molar-refractivity contribution in [3.63, 3.8) is 0 Å². The molecule has 19 heavy (non-hydrogen) atoms. The Kier molecular flexibility index (Phi) is 6.02. The predicted molar refractivity (Wildman–Crippen MR) is 82.4 cm³/mol. The fourth-order valence-electron chi connectivity index (χ4n) is 2.14. The quantitative estimate of drug-likeness (QED) is 0.848. The van der Waals surface area contributed by atoms with Crippen LogP contribution in [0.5, 0.6) is 0 Å². The second-order valence-electron chi connectivity index (χ2n) is 6.59. The molecule has 0 radical (unpaired) electrons. The van der Waals surface area contributed by atoms with Crippen LogP contribution in [0.25, 0.3) is 0 Å². The first-order valence-electron chi connectivity index (χ1n) is 7.29. The van der Waals surface area contributed by atoms with E-state index in [2.05, 4.69) is 63.8 Å². The molecule has 0 unspecified atom stereocenters. The van der Waals surface area contributed by atoms with Crippen LogP contribution in [0, 0.1) is 0 Å². The lowest BCUT2D eigenvalue weighted by Crippen LogP contribution is -2.31. The minimum absolute atomic E-state index is 0.215. The van der Waals surface area contributed by atoms with Gasteiger partial charge in [-0.15, -0.1) is 0 Å². The monoisotopic (exact) mass is 263 g/mol. The van der Waals surface area contributed by atoms with Gasteiger partial charge >= 0.3 is 0 Å². The molecule has 0 fully saturated rings.